The van der Waals surface area contributed by atoms with E-state index in [4.69, 9.17) is 4.74 Å². The van der Waals surface area contributed by atoms with E-state index in [2.05, 4.69) is 15.6 Å². The van der Waals surface area contributed by atoms with Gasteiger partial charge in [0.1, 0.15) is 0 Å². The second-order valence-electron chi connectivity index (χ2n) is 3.88. The Bertz CT molecular complexity index is 250. The Morgan fingerprint density at radius 2 is 2.18 bits per heavy atom. The fourth-order valence-electron chi connectivity index (χ4n) is 1.56. The van der Waals surface area contributed by atoms with E-state index in [9.17, 15) is 13.2 Å². The smallest absolute Gasteiger partial charge is 0.376 e. The van der Waals surface area contributed by atoms with Crippen molar-refractivity contribution in [3.05, 3.63) is 0 Å². The number of hydrogen-bond donors (Lipinski definition) is 2. The zero-order valence-corrected chi connectivity index (χ0v) is 9.81. The standard InChI is InChI=1S/C10H18F3N3O/c1-14-9(15-5-4-10(11,12)13)16-7-8-3-2-6-17-8/h8H,2-7H2,1H3,(H2,14,15,16). The minimum atomic E-state index is -4.14. The first kappa shape index (κ1) is 14.1. The highest BCUT2D eigenvalue weighted by atomic mass is 19.4. The first-order valence-corrected chi connectivity index (χ1v) is 5.64. The van der Waals surface area contributed by atoms with Crippen LogP contribution in [0.25, 0.3) is 0 Å². The predicted octanol–water partition coefficient (Wildman–Crippen LogP) is 1.28. The van der Waals surface area contributed by atoms with E-state index in [0.717, 1.165) is 19.4 Å². The van der Waals surface area contributed by atoms with Gasteiger partial charge in [-0.2, -0.15) is 13.2 Å². The van der Waals surface area contributed by atoms with Crippen molar-refractivity contribution >= 4 is 5.96 Å². The van der Waals surface area contributed by atoms with Crippen LogP contribution in [-0.2, 0) is 4.74 Å². The highest BCUT2D eigenvalue weighted by Gasteiger charge is 2.26. The van der Waals surface area contributed by atoms with E-state index >= 15 is 0 Å². The number of halogens is 3. The summed E-state index contributed by atoms with van der Waals surface area (Å²) >= 11 is 0. The maximum Gasteiger partial charge on any atom is 0.390 e. The molecule has 2 N–H and O–H groups in total. The predicted molar refractivity (Wildman–Crippen MR) is 59.0 cm³/mol. The minimum Gasteiger partial charge on any atom is -0.376 e. The molecule has 1 fully saturated rings. The number of nitrogens with zero attached hydrogens (tertiary/aromatic N) is 1. The summed E-state index contributed by atoms with van der Waals surface area (Å²) in [4.78, 5) is 3.84. The third kappa shape index (κ3) is 6.35. The molecule has 7 heteroatoms. The van der Waals surface area contributed by atoms with Crippen molar-refractivity contribution in [1.29, 1.82) is 0 Å². The van der Waals surface area contributed by atoms with Crippen LogP contribution in [0.4, 0.5) is 13.2 Å². The molecule has 1 unspecified atom stereocenters. The monoisotopic (exact) mass is 253 g/mol. The number of ether oxygens (including phenoxy) is 1. The molecule has 1 saturated heterocycles. The number of rotatable bonds is 4. The third-order valence-corrected chi connectivity index (χ3v) is 2.45. The molecule has 0 radical (unpaired) electrons. The summed E-state index contributed by atoms with van der Waals surface area (Å²) in [5.74, 6) is 0.379. The van der Waals surface area contributed by atoms with Crippen LogP contribution in [0.1, 0.15) is 19.3 Å². The molecule has 0 aliphatic carbocycles. The summed E-state index contributed by atoms with van der Waals surface area (Å²) in [5.41, 5.74) is 0. The molecule has 0 saturated carbocycles. The summed E-state index contributed by atoms with van der Waals surface area (Å²) < 4.78 is 41.1. The largest absolute Gasteiger partial charge is 0.390 e. The van der Waals surface area contributed by atoms with Crippen LogP contribution in [0, 0.1) is 0 Å². The van der Waals surface area contributed by atoms with Gasteiger partial charge in [0.15, 0.2) is 5.96 Å². The SMILES string of the molecule is CN=C(NCCC(F)(F)F)NCC1CCCO1. The van der Waals surface area contributed by atoms with Gasteiger partial charge < -0.3 is 15.4 Å². The Hall–Kier alpha value is -0.980. The molecule has 1 aliphatic heterocycles. The zero-order chi connectivity index (χ0) is 12.7. The molecule has 4 nitrogen and oxygen atoms in total. The molecule has 0 aromatic rings. The Morgan fingerprint density at radius 3 is 2.71 bits per heavy atom. The lowest BCUT2D eigenvalue weighted by Gasteiger charge is -2.15. The van der Waals surface area contributed by atoms with Crippen molar-refractivity contribution in [3.63, 3.8) is 0 Å². The molecular weight excluding hydrogens is 235 g/mol. The second kappa shape index (κ2) is 6.68. The molecule has 0 aromatic carbocycles. The number of alkyl halides is 3. The molecule has 0 amide bonds. The quantitative estimate of drug-likeness (QED) is 0.586. The van der Waals surface area contributed by atoms with Crippen molar-refractivity contribution < 1.29 is 17.9 Å². The first-order chi connectivity index (χ1) is 8.01. The van der Waals surface area contributed by atoms with E-state index in [1.807, 2.05) is 0 Å². The topological polar surface area (TPSA) is 45.7 Å². The van der Waals surface area contributed by atoms with E-state index in [0.29, 0.717) is 12.5 Å². The van der Waals surface area contributed by atoms with Gasteiger partial charge in [-0.05, 0) is 12.8 Å². The van der Waals surface area contributed by atoms with Crippen molar-refractivity contribution in [2.24, 2.45) is 4.99 Å². The maximum absolute atomic E-state index is 11.9. The Balaban J connectivity index is 2.15. The maximum atomic E-state index is 11.9. The second-order valence-corrected chi connectivity index (χ2v) is 3.88. The Labute approximate surface area is 98.6 Å². The molecule has 1 rings (SSSR count). The van der Waals surface area contributed by atoms with Gasteiger partial charge in [-0.3, -0.25) is 4.99 Å². The normalized spacial score (nSPS) is 21.6. The molecular formula is C10H18F3N3O. The van der Waals surface area contributed by atoms with E-state index in [1.165, 1.54) is 7.05 Å². The summed E-state index contributed by atoms with van der Waals surface area (Å²) in [5, 5.41) is 5.56. The molecule has 100 valence electrons. The van der Waals surface area contributed by atoms with Crippen molar-refractivity contribution in [2.75, 3.05) is 26.7 Å². The van der Waals surface area contributed by atoms with Crippen LogP contribution >= 0.6 is 0 Å². The molecule has 0 spiro atoms. The molecule has 0 bridgehead atoms. The number of nitrogens with one attached hydrogen (secondary N) is 2. The van der Waals surface area contributed by atoms with E-state index < -0.39 is 12.6 Å². The summed E-state index contributed by atoms with van der Waals surface area (Å²) in [6.07, 6.45) is -2.86. The molecule has 1 atom stereocenters. The lowest BCUT2D eigenvalue weighted by atomic mass is 10.2. The van der Waals surface area contributed by atoms with Crippen molar-refractivity contribution in [3.8, 4) is 0 Å². The highest BCUT2D eigenvalue weighted by molar-refractivity contribution is 5.79. The van der Waals surface area contributed by atoms with Crippen molar-refractivity contribution in [1.82, 2.24) is 10.6 Å². The summed E-state index contributed by atoms with van der Waals surface area (Å²) in [6, 6.07) is 0. The average Bonchev–Trinajstić information content (AvgIpc) is 2.74. The van der Waals surface area contributed by atoms with Crippen LogP contribution in [0.15, 0.2) is 4.99 Å². The number of hydrogen-bond acceptors (Lipinski definition) is 2. The van der Waals surface area contributed by atoms with Gasteiger partial charge in [0.2, 0.25) is 0 Å². The van der Waals surface area contributed by atoms with Gasteiger partial charge in [-0.25, -0.2) is 0 Å². The lowest BCUT2D eigenvalue weighted by Crippen LogP contribution is -2.42. The summed E-state index contributed by atoms with van der Waals surface area (Å²) in [7, 11) is 1.53. The highest BCUT2D eigenvalue weighted by Crippen LogP contribution is 2.18. The van der Waals surface area contributed by atoms with Crippen LogP contribution in [-0.4, -0.2) is 45.0 Å². The number of guanidine groups is 1. The molecule has 17 heavy (non-hydrogen) atoms. The Kier molecular flexibility index (Phi) is 5.54. The van der Waals surface area contributed by atoms with Gasteiger partial charge in [0.25, 0.3) is 0 Å². The number of aliphatic imine (C=N–C) groups is 1. The minimum absolute atomic E-state index is 0.135. The van der Waals surface area contributed by atoms with E-state index in [1.54, 1.807) is 0 Å². The van der Waals surface area contributed by atoms with Gasteiger partial charge in [-0.15, -0.1) is 0 Å². The summed E-state index contributed by atoms with van der Waals surface area (Å²) in [6.45, 7) is 1.16. The van der Waals surface area contributed by atoms with Gasteiger partial charge in [0.05, 0.1) is 12.5 Å². The fraction of sp³-hybridized carbons (Fsp3) is 0.900. The molecule has 0 aromatic heterocycles. The Morgan fingerprint density at radius 1 is 1.41 bits per heavy atom. The zero-order valence-electron chi connectivity index (χ0n) is 9.81. The average molecular weight is 253 g/mol. The fourth-order valence-corrected chi connectivity index (χ4v) is 1.56. The lowest BCUT2D eigenvalue weighted by molar-refractivity contribution is -0.132. The van der Waals surface area contributed by atoms with Crippen LogP contribution in [0.3, 0.4) is 0 Å². The van der Waals surface area contributed by atoms with Gasteiger partial charge in [-0.1, -0.05) is 0 Å². The van der Waals surface area contributed by atoms with Gasteiger partial charge >= 0.3 is 6.18 Å². The van der Waals surface area contributed by atoms with Crippen LogP contribution in [0.5, 0.6) is 0 Å². The molecule has 1 aliphatic rings. The van der Waals surface area contributed by atoms with E-state index in [-0.39, 0.29) is 12.6 Å². The molecule has 1 heterocycles. The van der Waals surface area contributed by atoms with Crippen LogP contribution < -0.4 is 10.6 Å². The first-order valence-electron chi connectivity index (χ1n) is 5.64. The van der Waals surface area contributed by atoms with Crippen molar-refractivity contribution in [2.45, 2.75) is 31.5 Å². The third-order valence-electron chi connectivity index (χ3n) is 2.45. The van der Waals surface area contributed by atoms with Crippen LogP contribution in [0.2, 0.25) is 0 Å². The van der Waals surface area contributed by atoms with Gasteiger partial charge in [0, 0.05) is 26.7 Å².